The zero-order chi connectivity index (χ0) is 8.43. The van der Waals surface area contributed by atoms with Crippen molar-refractivity contribution >= 4 is 0 Å². The summed E-state index contributed by atoms with van der Waals surface area (Å²) in [5.74, 6) is -0.964. The number of ether oxygens (including phenoxy) is 1. The summed E-state index contributed by atoms with van der Waals surface area (Å²) in [6.07, 6.45) is 0. The van der Waals surface area contributed by atoms with E-state index in [2.05, 4.69) is 4.74 Å². The first-order valence-electron chi connectivity index (χ1n) is 3.15. The van der Waals surface area contributed by atoms with Crippen LogP contribution in [0.4, 0.5) is 8.78 Å². The topological polar surface area (TPSA) is 9.23 Å². The Kier molecular flexibility index (Phi) is 2.08. The van der Waals surface area contributed by atoms with Crippen molar-refractivity contribution in [1.82, 2.24) is 0 Å². The SMILES string of the molecule is COc1cc(F)c(C)c(F)c1. The Balaban J connectivity index is 3.21. The quantitative estimate of drug-likeness (QED) is 0.609. The van der Waals surface area contributed by atoms with Gasteiger partial charge in [-0.15, -0.1) is 0 Å². The van der Waals surface area contributed by atoms with Crippen molar-refractivity contribution in [2.45, 2.75) is 6.92 Å². The number of hydrogen-bond donors (Lipinski definition) is 0. The van der Waals surface area contributed by atoms with Crippen LogP contribution in [0.1, 0.15) is 5.56 Å². The average Bonchev–Trinajstić information content (AvgIpc) is 1.99. The van der Waals surface area contributed by atoms with Crippen molar-refractivity contribution in [3.05, 3.63) is 29.3 Å². The molecule has 1 aromatic rings. The van der Waals surface area contributed by atoms with Crippen LogP contribution >= 0.6 is 0 Å². The molecule has 0 fully saturated rings. The highest BCUT2D eigenvalue weighted by Gasteiger charge is 2.05. The minimum absolute atomic E-state index is 0.0193. The number of hydrogen-bond acceptors (Lipinski definition) is 1. The fourth-order valence-electron chi connectivity index (χ4n) is 0.740. The average molecular weight is 158 g/mol. The monoisotopic (exact) mass is 158 g/mol. The predicted molar refractivity (Wildman–Crippen MR) is 37.6 cm³/mol. The lowest BCUT2D eigenvalue weighted by Gasteiger charge is -2.02. The van der Waals surface area contributed by atoms with Gasteiger partial charge in [-0.2, -0.15) is 0 Å². The van der Waals surface area contributed by atoms with Crippen LogP contribution in [0, 0.1) is 18.6 Å². The molecular formula is C8H8F2O. The van der Waals surface area contributed by atoms with E-state index in [0.29, 0.717) is 0 Å². The van der Waals surface area contributed by atoms with Gasteiger partial charge in [0.1, 0.15) is 17.4 Å². The van der Waals surface area contributed by atoms with Gasteiger partial charge in [0.2, 0.25) is 0 Å². The standard InChI is InChI=1S/C8H8F2O/c1-5-7(9)3-6(11-2)4-8(5)10/h3-4H,1-2H3. The second-order valence-electron chi connectivity index (χ2n) is 2.22. The molecule has 0 saturated carbocycles. The van der Waals surface area contributed by atoms with Crippen molar-refractivity contribution in [1.29, 1.82) is 0 Å². The third kappa shape index (κ3) is 1.48. The van der Waals surface area contributed by atoms with E-state index in [1.165, 1.54) is 14.0 Å². The van der Waals surface area contributed by atoms with Crippen LogP contribution in [0.15, 0.2) is 12.1 Å². The number of methoxy groups -OCH3 is 1. The van der Waals surface area contributed by atoms with E-state index in [1.807, 2.05) is 0 Å². The van der Waals surface area contributed by atoms with Crippen molar-refractivity contribution in [3.63, 3.8) is 0 Å². The molecular weight excluding hydrogens is 150 g/mol. The van der Waals surface area contributed by atoms with Gasteiger partial charge in [-0.25, -0.2) is 8.78 Å². The Bertz CT molecular complexity index is 248. The molecule has 0 spiro atoms. The van der Waals surface area contributed by atoms with E-state index in [1.54, 1.807) is 0 Å². The molecule has 0 aliphatic carbocycles. The maximum Gasteiger partial charge on any atom is 0.132 e. The Morgan fingerprint density at radius 3 is 2.00 bits per heavy atom. The van der Waals surface area contributed by atoms with Gasteiger partial charge < -0.3 is 4.74 Å². The molecule has 1 nitrogen and oxygen atoms in total. The van der Waals surface area contributed by atoms with Gasteiger partial charge in [0.25, 0.3) is 0 Å². The molecule has 0 amide bonds. The number of halogens is 2. The molecule has 0 saturated heterocycles. The second kappa shape index (κ2) is 2.86. The molecule has 0 N–H and O–H groups in total. The minimum atomic E-state index is -0.582. The van der Waals surface area contributed by atoms with Gasteiger partial charge in [-0.05, 0) is 6.92 Å². The number of rotatable bonds is 1. The molecule has 0 radical (unpaired) electrons. The molecule has 0 bridgehead atoms. The van der Waals surface area contributed by atoms with E-state index < -0.39 is 11.6 Å². The van der Waals surface area contributed by atoms with Gasteiger partial charge in [-0.3, -0.25) is 0 Å². The molecule has 0 unspecified atom stereocenters. The van der Waals surface area contributed by atoms with Crippen LogP contribution in [-0.2, 0) is 0 Å². The maximum atomic E-state index is 12.7. The third-order valence-electron chi connectivity index (χ3n) is 1.49. The lowest BCUT2D eigenvalue weighted by Crippen LogP contribution is -1.91. The Hall–Kier alpha value is -1.12. The first kappa shape index (κ1) is 7.98. The lowest BCUT2D eigenvalue weighted by molar-refractivity contribution is 0.406. The number of benzene rings is 1. The zero-order valence-corrected chi connectivity index (χ0v) is 6.32. The molecule has 0 aliphatic rings. The van der Waals surface area contributed by atoms with Crippen LogP contribution in [0.5, 0.6) is 5.75 Å². The van der Waals surface area contributed by atoms with Gasteiger partial charge in [0, 0.05) is 17.7 Å². The summed E-state index contributed by atoms with van der Waals surface area (Å²) in [5.41, 5.74) is 0.0193. The smallest absolute Gasteiger partial charge is 0.132 e. The summed E-state index contributed by atoms with van der Waals surface area (Å²) < 4.78 is 30.1. The summed E-state index contributed by atoms with van der Waals surface area (Å²) in [7, 11) is 1.36. The zero-order valence-electron chi connectivity index (χ0n) is 6.32. The molecule has 3 heteroatoms. The molecule has 0 aromatic heterocycles. The Morgan fingerprint density at radius 2 is 1.64 bits per heavy atom. The van der Waals surface area contributed by atoms with Gasteiger partial charge in [0.15, 0.2) is 0 Å². The Labute approximate surface area is 63.6 Å². The first-order valence-corrected chi connectivity index (χ1v) is 3.15. The molecule has 0 heterocycles. The first-order chi connectivity index (χ1) is 5.15. The van der Waals surface area contributed by atoms with Crippen molar-refractivity contribution in [2.75, 3.05) is 7.11 Å². The lowest BCUT2D eigenvalue weighted by atomic mass is 10.2. The van der Waals surface area contributed by atoms with E-state index in [0.717, 1.165) is 12.1 Å². The highest BCUT2D eigenvalue weighted by atomic mass is 19.1. The normalized spacial score (nSPS) is 9.82. The van der Waals surface area contributed by atoms with Crippen molar-refractivity contribution < 1.29 is 13.5 Å². The molecule has 11 heavy (non-hydrogen) atoms. The van der Waals surface area contributed by atoms with Gasteiger partial charge in [-0.1, -0.05) is 0 Å². The summed E-state index contributed by atoms with van der Waals surface area (Å²) in [6, 6.07) is 2.30. The van der Waals surface area contributed by atoms with Crippen molar-refractivity contribution in [3.8, 4) is 5.75 Å². The Morgan fingerprint density at radius 1 is 1.18 bits per heavy atom. The summed E-state index contributed by atoms with van der Waals surface area (Å²) in [6.45, 7) is 1.38. The van der Waals surface area contributed by atoms with E-state index in [9.17, 15) is 8.78 Å². The minimum Gasteiger partial charge on any atom is -0.497 e. The largest absolute Gasteiger partial charge is 0.497 e. The van der Waals surface area contributed by atoms with Gasteiger partial charge >= 0.3 is 0 Å². The third-order valence-corrected chi connectivity index (χ3v) is 1.49. The summed E-state index contributed by atoms with van der Waals surface area (Å²) in [4.78, 5) is 0. The summed E-state index contributed by atoms with van der Waals surface area (Å²) >= 11 is 0. The van der Waals surface area contributed by atoms with Crippen LogP contribution in [-0.4, -0.2) is 7.11 Å². The predicted octanol–water partition coefficient (Wildman–Crippen LogP) is 2.28. The molecule has 1 rings (SSSR count). The highest BCUT2D eigenvalue weighted by Crippen LogP contribution is 2.18. The van der Waals surface area contributed by atoms with E-state index in [-0.39, 0.29) is 11.3 Å². The molecule has 0 aliphatic heterocycles. The molecule has 60 valence electrons. The van der Waals surface area contributed by atoms with E-state index in [4.69, 9.17) is 0 Å². The van der Waals surface area contributed by atoms with Crippen LogP contribution in [0.2, 0.25) is 0 Å². The van der Waals surface area contributed by atoms with Crippen LogP contribution in [0.25, 0.3) is 0 Å². The van der Waals surface area contributed by atoms with Crippen LogP contribution < -0.4 is 4.74 Å². The maximum absolute atomic E-state index is 12.7. The fraction of sp³-hybridized carbons (Fsp3) is 0.250. The second-order valence-corrected chi connectivity index (χ2v) is 2.22. The molecule has 1 aromatic carbocycles. The molecule has 0 atom stereocenters. The highest BCUT2D eigenvalue weighted by molar-refractivity contribution is 5.29. The fourth-order valence-corrected chi connectivity index (χ4v) is 0.740. The van der Waals surface area contributed by atoms with E-state index >= 15 is 0 Å². The van der Waals surface area contributed by atoms with Crippen molar-refractivity contribution in [2.24, 2.45) is 0 Å². The van der Waals surface area contributed by atoms with Crippen LogP contribution in [0.3, 0.4) is 0 Å². The van der Waals surface area contributed by atoms with Gasteiger partial charge in [0.05, 0.1) is 7.11 Å². The summed E-state index contributed by atoms with van der Waals surface area (Å²) in [5, 5.41) is 0.